The summed E-state index contributed by atoms with van der Waals surface area (Å²) in [4.78, 5) is 4.15. The fraction of sp³-hybridized carbons (Fsp3) is 0.444. The lowest BCUT2D eigenvalue weighted by molar-refractivity contribution is 0.0250. The van der Waals surface area contributed by atoms with E-state index in [1.165, 1.54) is 0 Å². The summed E-state index contributed by atoms with van der Waals surface area (Å²) < 4.78 is 12.8. The van der Waals surface area contributed by atoms with E-state index in [0.717, 1.165) is 25.4 Å². The molecular formula is C9H12N2O. The molecule has 3 heteroatoms. The highest BCUT2D eigenvalue weighted by Crippen LogP contribution is 2.14. The summed E-state index contributed by atoms with van der Waals surface area (Å²) in [6, 6.07) is 4.02. The van der Waals surface area contributed by atoms with Gasteiger partial charge >= 0.3 is 0 Å². The first kappa shape index (κ1) is 6.57. The average Bonchev–Trinajstić information content (AvgIpc) is 2.20. The van der Waals surface area contributed by atoms with E-state index in [1.807, 2.05) is 6.07 Å². The molecule has 0 radical (unpaired) electrons. The van der Waals surface area contributed by atoms with Crippen LogP contribution < -0.4 is 5.32 Å². The average molecular weight is 165 g/mol. The molecule has 2 rings (SSSR count). The van der Waals surface area contributed by atoms with Gasteiger partial charge in [-0.1, -0.05) is 6.07 Å². The van der Waals surface area contributed by atoms with E-state index in [9.17, 15) is 0 Å². The van der Waals surface area contributed by atoms with Crippen LogP contribution in [0, 0.1) is 0 Å². The van der Waals surface area contributed by atoms with Crippen LogP contribution in [0.3, 0.4) is 0 Å². The molecule has 1 fully saturated rings. The maximum absolute atomic E-state index is 7.29. The van der Waals surface area contributed by atoms with Crippen LogP contribution in [0.5, 0.6) is 0 Å². The second-order valence-electron chi connectivity index (χ2n) is 2.75. The number of rotatable bonds is 1. The van der Waals surface area contributed by atoms with E-state index in [4.69, 9.17) is 6.11 Å². The Balaban J connectivity index is 2.10. The fourth-order valence-corrected chi connectivity index (χ4v) is 1.28. The molecule has 0 saturated carbocycles. The lowest BCUT2D eigenvalue weighted by Gasteiger charge is -2.22. The molecule has 0 unspecified atom stereocenters. The van der Waals surface area contributed by atoms with Crippen molar-refractivity contribution in [2.75, 3.05) is 19.7 Å². The van der Waals surface area contributed by atoms with Crippen molar-refractivity contribution in [1.82, 2.24) is 10.3 Å². The highest BCUT2D eigenvalue weighted by Gasteiger charge is 2.15. The molecule has 1 saturated heterocycles. The molecule has 1 aromatic heterocycles. The summed E-state index contributed by atoms with van der Waals surface area (Å²) in [5.74, 6) is 0. The Morgan fingerprint density at radius 1 is 1.75 bits per heavy atom. The molecule has 0 spiro atoms. The van der Waals surface area contributed by atoms with Crippen molar-refractivity contribution in [3.05, 3.63) is 30.1 Å². The largest absolute Gasteiger partial charge is 0.369 e. The number of morpholine rings is 1. The number of aromatic nitrogens is 1. The molecule has 3 nitrogen and oxygen atoms in total. The van der Waals surface area contributed by atoms with Crippen LogP contribution in [0.4, 0.5) is 0 Å². The zero-order chi connectivity index (χ0) is 9.10. The second kappa shape index (κ2) is 3.65. The minimum absolute atomic E-state index is 0.0503. The standard InChI is InChI=1S/C9H12N2O/c1-2-4-11-8(3-1)9-7-10-5-6-12-9/h1-4,9-10H,5-7H2/t9-/m0/s1/i2D. The van der Waals surface area contributed by atoms with Crippen molar-refractivity contribution in [3.63, 3.8) is 0 Å². The Labute approximate surface area is 73.2 Å². The van der Waals surface area contributed by atoms with E-state index < -0.39 is 0 Å². The van der Waals surface area contributed by atoms with Crippen LogP contribution in [0.25, 0.3) is 0 Å². The van der Waals surface area contributed by atoms with Gasteiger partial charge in [-0.25, -0.2) is 0 Å². The highest BCUT2D eigenvalue weighted by atomic mass is 16.5. The number of hydrogen-bond donors (Lipinski definition) is 1. The molecule has 1 atom stereocenters. The van der Waals surface area contributed by atoms with Crippen LogP contribution in [0.1, 0.15) is 13.2 Å². The fourth-order valence-electron chi connectivity index (χ4n) is 1.28. The van der Waals surface area contributed by atoms with Crippen LogP contribution in [0.2, 0.25) is 0 Å². The SMILES string of the molecule is [2H]c1ccc([C@@H]2CNCCO2)nc1. The molecule has 1 aliphatic rings. The molecule has 64 valence electrons. The van der Waals surface area contributed by atoms with E-state index in [0.29, 0.717) is 6.04 Å². The van der Waals surface area contributed by atoms with Crippen molar-refractivity contribution >= 4 is 0 Å². The molecule has 0 aliphatic carbocycles. The second-order valence-corrected chi connectivity index (χ2v) is 2.75. The predicted molar refractivity (Wildman–Crippen MR) is 45.8 cm³/mol. The number of nitrogens with zero attached hydrogens (tertiary/aromatic N) is 1. The van der Waals surface area contributed by atoms with Crippen LogP contribution in [-0.2, 0) is 4.74 Å². The van der Waals surface area contributed by atoms with Gasteiger partial charge in [0.2, 0.25) is 0 Å². The van der Waals surface area contributed by atoms with Gasteiger partial charge in [0.05, 0.1) is 13.7 Å². The zero-order valence-corrected chi connectivity index (χ0v) is 6.79. The Kier molecular flexibility index (Phi) is 2.00. The molecule has 2 heterocycles. The van der Waals surface area contributed by atoms with E-state index in [2.05, 4.69) is 10.3 Å². The minimum atomic E-state index is 0.0503. The third-order valence-corrected chi connectivity index (χ3v) is 1.90. The Morgan fingerprint density at radius 2 is 2.75 bits per heavy atom. The van der Waals surface area contributed by atoms with Crippen molar-refractivity contribution in [2.24, 2.45) is 0 Å². The molecule has 1 aromatic rings. The maximum Gasteiger partial charge on any atom is 0.112 e. The summed E-state index contributed by atoms with van der Waals surface area (Å²) in [5.41, 5.74) is 0.906. The Morgan fingerprint density at radius 3 is 3.42 bits per heavy atom. The van der Waals surface area contributed by atoms with Gasteiger partial charge in [0, 0.05) is 19.3 Å². The third kappa shape index (κ3) is 1.62. The first-order valence-electron chi connectivity index (χ1n) is 4.61. The topological polar surface area (TPSA) is 34.1 Å². The quantitative estimate of drug-likeness (QED) is 0.666. The van der Waals surface area contributed by atoms with Gasteiger partial charge < -0.3 is 10.1 Å². The monoisotopic (exact) mass is 165 g/mol. The van der Waals surface area contributed by atoms with Crippen molar-refractivity contribution in [3.8, 4) is 0 Å². The van der Waals surface area contributed by atoms with Gasteiger partial charge in [0.25, 0.3) is 0 Å². The van der Waals surface area contributed by atoms with Crippen LogP contribution in [-0.4, -0.2) is 24.7 Å². The number of hydrogen-bond acceptors (Lipinski definition) is 3. The molecule has 12 heavy (non-hydrogen) atoms. The van der Waals surface area contributed by atoms with E-state index in [-0.39, 0.29) is 6.10 Å². The first-order valence-corrected chi connectivity index (χ1v) is 4.11. The van der Waals surface area contributed by atoms with Gasteiger partial charge in [-0.15, -0.1) is 0 Å². The predicted octanol–water partition coefficient (Wildman–Crippen LogP) is 0.742. The number of nitrogens with one attached hydrogen (secondary N) is 1. The molecule has 1 aliphatic heterocycles. The van der Waals surface area contributed by atoms with Crippen molar-refractivity contribution in [1.29, 1.82) is 0 Å². The lowest BCUT2D eigenvalue weighted by atomic mass is 10.2. The van der Waals surface area contributed by atoms with Gasteiger partial charge in [-0.3, -0.25) is 4.98 Å². The van der Waals surface area contributed by atoms with Gasteiger partial charge in [0.15, 0.2) is 0 Å². The first-order chi connectivity index (χ1) is 6.36. The molecule has 0 amide bonds. The Hall–Kier alpha value is -0.930. The lowest BCUT2D eigenvalue weighted by Crippen LogP contribution is -2.33. The summed E-state index contributed by atoms with van der Waals surface area (Å²) in [6.45, 7) is 2.45. The molecule has 0 aromatic carbocycles. The molecule has 1 N–H and O–H groups in total. The summed E-state index contributed by atoms with van der Waals surface area (Å²) in [7, 11) is 0. The summed E-state index contributed by atoms with van der Waals surface area (Å²) >= 11 is 0. The minimum Gasteiger partial charge on any atom is -0.369 e. The number of pyridine rings is 1. The van der Waals surface area contributed by atoms with Gasteiger partial charge in [0.1, 0.15) is 6.10 Å². The van der Waals surface area contributed by atoms with Crippen molar-refractivity contribution < 1.29 is 6.11 Å². The van der Waals surface area contributed by atoms with E-state index in [1.54, 1.807) is 12.3 Å². The maximum atomic E-state index is 7.29. The molecule has 0 bridgehead atoms. The third-order valence-electron chi connectivity index (χ3n) is 1.90. The number of ether oxygens (including phenoxy) is 1. The zero-order valence-electron chi connectivity index (χ0n) is 7.79. The smallest absolute Gasteiger partial charge is 0.112 e. The molecular weight excluding hydrogens is 152 g/mol. The Bertz CT molecular complexity index is 269. The summed E-state index contributed by atoms with van der Waals surface area (Å²) in [5, 5.41) is 3.24. The van der Waals surface area contributed by atoms with Gasteiger partial charge in [-0.05, 0) is 12.1 Å². The highest BCUT2D eigenvalue weighted by molar-refractivity contribution is 5.07. The van der Waals surface area contributed by atoms with Gasteiger partial charge in [-0.2, -0.15) is 0 Å². The summed E-state index contributed by atoms with van der Waals surface area (Å²) in [6.07, 6.45) is 1.60. The van der Waals surface area contributed by atoms with Crippen LogP contribution >= 0.6 is 0 Å². The van der Waals surface area contributed by atoms with Crippen LogP contribution in [0.15, 0.2) is 24.4 Å². The van der Waals surface area contributed by atoms with Crippen molar-refractivity contribution in [2.45, 2.75) is 6.10 Å². The van der Waals surface area contributed by atoms with E-state index >= 15 is 0 Å². The normalized spacial score (nSPS) is 25.0.